The van der Waals surface area contributed by atoms with Crippen LogP contribution in [0.25, 0.3) is 0 Å². The van der Waals surface area contributed by atoms with Gasteiger partial charge < -0.3 is 0 Å². The minimum absolute atomic E-state index is 0.759. The molecule has 82 valence electrons. The van der Waals surface area contributed by atoms with Gasteiger partial charge in [0, 0.05) is 0 Å². The molecule has 0 rings (SSSR count). The Kier molecular flexibility index (Phi) is 9.76. The van der Waals surface area contributed by atoms with Gasteiger partial charge in [-0.2, -0.15) is 0 Å². The van der Waals surface area contributed by atoms with E-state index in [0.717, 1.165) is 31.6 Å². The molecule has 0 aliphatic carbocycles. The van der Waals surface area contributed by atoms with Gasteiger partial charge in [0.15, 0.2) is 0 Å². The largest absolute Gasteiger partial charge is 0.276 e. The van der Waals surface area contributed by atoms with Crippen LogP contribution in [0.2, 0.25) is 0 Å². The van der Waals surface area contributed by atoms with E-state index >= 15 is 0 Å². The Morgan fingerprint density at radius 2 is 2.00 bits per heavy atom. The van der Waals surface area contributed by atoms with E-state index < -0.39 is 0 Å². The smallest absolute Gasteiger partial charge is 0.0745 e. The molecule has 14 heavy (non-hydrogen) atoms. The molecular weight excluding hydrogens is 174 g/mol. The van der Waals surface area contributed by atoms with Crippen molar-refractivity contribution in [1.82, 2.24) is 5.48 Å². The van der Waals surface area contributed by atoms with Gasteiger partial charge in [-0.3, -0.25) is 10.3 Å². The summed E-state index contributed by atoms with van der Waals surface area (Å²) in [5, 5.41) is 0. The van der Waals surface area contributed by atoms with E-state index in [1.165, 1.54) is 12.8 Å². The van der Waals surface area contributed by atoms with E-state index in [9.17, 15) is 0 Å². The van der Waals surface area contributed by atoms with Gasteiger partial charge in [-0.1, -0.05) is 39.3 Å². The Bertz CT molecular complexity index is 164. The summed E-state index contributed by atoms with van der Waals surface area (Å²) < 4.78 is 0. The lowest BCUT2D eigenvalue weighted by atomic mass is 10.2. The van der Waals surface area contributed by atoms with Crippen LogP contribution in [0.3, 0.4) is 0 Å². The highest BCUT2D eigenvalue weighted by Gasteiger charge is 1.90. The summed E-state index contributed by atoms with van der Waals surface area (Å²) in [5.74, 6) is 0. The predicted molar refractivity (Wildman–Crippen MR) is 61.8 cm³/mol. The van der Waals surface area contributed by atoms with E-state index in [-0.39, 0.29) is 0 Å². The van der Waals surface area contributed by atoms with Crippen molar-refractivity contribution in [2.45, 2.75) is 46.0 Å². The Hall–Kier alpha value is -0.760. The van der Waals surface area contributed by atoms with E-state index in [0.29, 0.717) is 0 Å². The summed E-state index contributed by atoms with van der Waals surface area (Å²) in [6, 6.07) is 0. The molecule has 0 aliphatic rings. The fourth-order valence-corrected chi connectivity index (χ4v) is 0.979. The summed E-state index contributed by atoms with van der Waals surface area (Å²) in [4.78, 5) is 5.27. The molecule has 1 N–H and O–H groups in total. The summed E-state index contributed by atoms with van der Waals surface area (Å²) in [7, 11) is 0. The first-order valence-corrected chi connectivity index (χ1v) is 5.55. The molecular formula is C12H23NO. The number of unbranched alkanes of at least 4 members (excludes halogenated alkanes) is 3. The van der Waals surface area contributed by atoms with Crippen molar-refractivity contribution in [3.63, 3.8) is 0 Å². The SMILES string of the molecule is C=C/C(=C/CCCC)NOCCCC. The first-order chi connectivity index (χ1) is 6.85. The number of nitrogens with one attached hydrogen (secondary N) is 1. The summed E-state index contributed by atoms with van der Waals surface area (Å²) in [6.07, 6.45) is 9.69. The maximum Gasteiger partial charge on any atom is 0.0745 e. The van der Waals surface area contributed by atoms with Gasteiger partial charge in [-0.15, -0.1) is 0 Å². The van der Waals surface area contributed by atoms with Gasteiger partial charge in [-0.25, -0.2) is 0 Å². The molecule has 0 saturated heterocycles. The first kappa shape index (κ1) is 13.2. The fraction of sp³-hybridized carbons (Fsp3) is 0.667. The molecule has 0 spiro atoms. The van der Waals surface area contributed by atoms with Crippen LogP contribution >= 0.6 is 0 Å². The maximum absolute atomic E-state index is 5.27. The average Bonchev–Trinajstić information content (AvgIpc) is 2.22. The average molecular weight is 197 g/mol. The number of allylic oxidation sites excluding steroid dienone is 2. The van der Waals surface area contributed by atoms with Crippen LogP contribution in [0.5, 0.6) is 0 Å². The van der Waals surface area contributed by atoms with Crippen LogP contribution < -0.4 is 5.48 Å². The Labute approximate surface area is 88.0 Å². The minimum Gasteiger partial charge on any atom is -0.276 e. The highest BCUT2D eigenvalue weighted by Crippen LogP contribution is 2.00. The van der Waals surface area contributed by atoms with Crippen LogP contribution in [-0.4, -0.2) is 6.61 Å². The monoisotopic (exact) mass is 197 g/mol. The van der Waals surface area contributed by atoms with Crippen LogP contribution in [0.15, 0.2) is 24.4 Å². The molecule has 0 fully saturated rings. The molecule has 2 heteroatoms. The molecule has 0 radical (unpaired) electrons. The Morgan fingerprint density at radius 1 is 1.29 bits per heavy atom. The minimum atomic E-state index is 0.759. The lowest BCUT2D eigenvalue weighted by Gasteiger charge is -2.06. The lowest BCUT2D eigenvalue weighted by Crippen LogP contribution is -2.13. The zero-order chi connectivity index (χ0) is 10.6. The number of hydroxylamine groups is 1. The van der Waals surface area contributed by atoms with Crippen LogP contribution in [-0.2, 0) is 4.84 Å². The van der Waals surface area contributed by atoms with Gasteiger partial charge in [0.1, 0.15) is 0 Å². The molecule has 0 aromatic heterocycles. The zero-order valence-electron chi connectivity index (χ0n) is 9.51. The molecule has 0 heterocycles. The quantitative estimate of drug-likeness (QED) is 0.346. The molecule has 0 amide bonds. The molecule has 0 unspecified atom stereocenters. The topological polar surface area (TPSA) is 21.3 Å². The predicted octanol–water partition coefficient (Wildman–Crippen LogP) is 3.57. The van der Waals surface area contributed by atoms with E-state index in [1.807, 2.05) is 0 Å². The number of hydrogen-bond donors (Lipinski definition) is 1. The first-order valence-electron chi connectivity index (χ1n) is 5.55. The van der Waals surface area contributed by atoms with Crippen molar-refractivity contribution in [2.75, 3.05) is 6.61 Å². The molecule has 0 saturated carbocycles. The van der Waals surface area contributed by atoms with Crippen LogP contribution in [0, 0.1) is 0 Å². The van der Waals surface area contributed by atoms with Gasteiger partial charge in [0.25, 0.3) is 0 Å². The zero-order valence-corrected chi connectivity index (χ0v) is 9.51. The van der Waals surface area contributed by atoms with Crippen molar-refractivity contribution in [2.24, 2.45) is 0 Å². The van der Waals surface area contributed by atoms with Gasteiger partial charge in [0.05, 0.1) is 12.3 Å². The van der Waals surface area contributed by atoms with E-state index in [2.05, 4.69) is 32.0 Å². The van der Waals surface area contributed by atoms with E-state index in [1.54, 1.807) is 6.08 Å². The summed E-state index contributed by atoms with van der Waals surface area (Å²) in [6.45, 7) is 8.82. The van der Waals surface area contributed by atoms with Crippen LogP contribution in [0.1, 0.15) is 46.0 Å². The van der Waals surface area contributed by atoms with Crippen molar-refractivity contribution < 1.29 is 4.84 Å². The fourth-order valence-electron chi connectivity index (χ4n) is 0.979. The second kappa shape index (κ2) is 10.3. The second-order valence-electron chi connectivity index (χ2n) is 3.31. The molecule has 2 nitrogen and oxygen atoms in total. The lowest BCUT2D eigenvalue weighted by molar-refractivity contribution is 0.0629. The second-order valence-corrected chi connectivity index (χ2v) is 3.31. The molecule has 0 atom stereocenters. The summed E-state index contributed by atoms with van der Waals surface area (Å²) in [5.41, 5.74) is 3.89. The molecule has 0 aromatic carbocycles. The molecule has 0 aromatic rings. The van der Waals surface area contributed by atoms with Crippen molar-refractivity contribution >= 4 is 0 Å². The van der Waals surface area contributed by atoms with Crippen molar-refractivity contribution in [3.05, 3.63) is 24.4 Å². The highest BCUT2D eigenvalue weighted by atomic mass is 16.6. The Morgan fingerprint density at radius 3 is 2.57 bits per heavy atom. The maximum atomic E-state index is 5.27. The van der Waals surface area contributed by atoms with Crippen LogP contribution in [0.4, 0.5) is 0 Å². The standard InChI is InChI=1S/C12H23NO/c1-4-7-9-10-12(6-3)13-14-11-8-5-2/h6,10,13H,3-5,7-9,11H2,1-2H3/b12-10-. The normalized spacial score (nSPS) is 11.4. The third-order valence-corrected chi connectivity index (χ3v) is 1.93. The number of hydrogen-bond acceptors (Lipinski definition) is 2. The highest BCUT2D eigenvalue weighted by molar-refractivity contribution is 5.11. The Balaban J connectivity index is 3.56. The van der Waals surface area contributed by atoms with Gasteiger partial charge >= 0.3 is 0 Å². The molecule has 0 bridgehead atoms. The van der Waals surface area contributed by atoms with Gasteiger partial charge in [0.2, 0.25) is 0 Å². The van der Waals surface area contributed by atoms with Gasteiger partial charge in [-0.05, 0) is 25.3 Å². The summed E-state index contributed by atoms with van der Waals surface area (Å²) >= 11 is 0. The van der Waals surface area contributed by atoms with Crippen molar-refractivity contribution in [3.8, 4) is 0 Å². The molecule has 0 aliphatic heterocycles. The number of rotatable bonds is 9. The van der Waals surface area contributed by atoms with E-state index in [4.69, 9.17) is 4.84 Å². The third kappa shape index (κ3) is 7.87. The van der Waals surface area contributed by atoms with Crippen molar-refractivity contribution in [1.29, 1.82) is 0 Å². The third-order valence-electron chi connectivity index (χ3n) is 1.93.